The number of rotatable bonds is 13. The molecule has 0 fully saturated rings. The van der Waals surface area contributed by atoms with Crippen LogP contribution in [0, 0.1) is 0 Å². The molecule has 0 unspecified atom stereocenters. The minimum absolute atomic E-state index is 0. The Kier molecular flexibility index (Phi) is 14.2. The normalized spacial score (nSPS) is 11.0. The van der Waals surface area contributed by atoms with Crippen LogP contribution in [0.2, 0.25) is 0 Å². The molecule has 0 aliphatic carbocycles. The van der Waals surface area contributed by atoms with E-state index in [1.807, 2.05) is 70.6 Å². The van der Waals surface area contributed by atoms with E-state index in [4.69, 9.17) is 0 Å². The van der Waals surface area contributed by atoms with Crippen LogP contribution in [0.3, 0.4) is 0 Å². The van der Waals surface area contributed by atoms with Gasteiger partial charge in [-0.1, -0.05) is 0 Å². The molecular weight excluding hydrogens is 583 g/mol. The van der Waals surface area contributed by atoms with Crippen molar-refractivity contribution in [2.75, 3.05) is 36.0 Å². The van der Waals surface area contributed by atoms with Crippen LogP contribution < -0.4 is 43.7 Å². The van der Waals surface area contributed by atoms with E-state index in [2.05, 4.69) is 68.4 Å². The number of nitrogens with zero attached hydrogens (tertiary/aromatic N) is 8. The topological polar surface area (TPSA) is 63.7 Å². The van der Waals surface area contributed by atoms with Crippen molar-refractivity contribution in [2.45, 2.75) is 26.7 Å². The zero-order valence-electron chi connectivity index (χ0n) is 23.3. The number of aryl methyl sites for hydroxylation is 2. The molecule has 0 amide bonds. The highest BCUT2D eigenvalue weighted by Gasteiger charge is 2.10. The van der Waals surface area contributed by atoms with Crippen LogP contribution in [0.15, 0.2) is 92.1 Å². The average molecular weight is 620 g/mol. The molecule has 2 aromatic heterocycles. The first-order valence-electron chi connectivity index (χ1n) is 13.0. The first-order valence-corrected chi connectivity index (χ1v) is 14.7. The fraction of sp³-hybridized carbons (Fsp3) is 0.357. The molecule has 0 atom stereocenters. The smallest absolute Gasteiger partial charge is 0.408 e. The van der Waals surface area contributed by atoms with Crippen molar-refractivity contribution in [1.29, 1.82) is 0 Å². The molecule has 0 spiro atoms. The van der Waals surface area contributed by atoms with Gasteiger partial charge in [-0.25, -0.2) is 9.13 Å². The van der Waals surface area contributed by atoms with Crippen LogP contribution in [-0.4, -0.2) is 26.2 Å². The maximum atomic E-state index is 4.38. The van der Waals surface area contributed by atoms with E-state index < -0.39 is 0 Å². The molecule has 4 rings (SSSR count). The molecule has 0 aliphatic heterocycles. The molecule has 2 aromatic carbocycles. The molecule has 40 heavy (non-hydrogen) atoms. The molecule has 0 N–H and O–H groups in total. The van der Waals surface area contributed by atoms with Gasteiger partial charge in [0.25, 0.3) is 0 Å². The lowest BCUT2D eigenvalue weighted by molar-refractivity contribution is -0.654. The maximum Gasteiger partial charge on any atom is 0.408 e. The number of aromatic nitrogens is 2. The summed E-state index contributed by atoms with van der Waals surface area (Å²) in [4.78, 5) is 4.84. The Bertz CT molecular complexity index is 1230. The lowest BCUT2D eigenvalue weighted by Crippen LogP contribution is -3.00. The van der Waals surface area contributed by atoms with Gasteiger partial charge in [0, 0.05) is 48.3 Å². The quantitative estimate of drug-likeness (QED) is 0.129. The van der Waals surface area contributed by atoms with Crippen LogP contribution in [0.1, 0.15) is 26.7 Å². The Labute approximate surface area is 257 Å². The van der Waals surface area contributed by atoms with Crippen molar-refractivity contribution < 1.29 is 33.9 Å². The van der Waals surface area contributed by atoms with Crippen molar-refractivity contribution in [3.63, 3.8) is 0 Å². The molecule has 214 valence electrons. The summed E-state index contributed by atoms with van der Waals surface area (Å²) in [5.41, 5.74) is 4.18. The number of benzene rings is 2. The molecule has 0 bridgehead atoms. The zero-order valence-corrected chi connectivity index (χ0v) is 26.5. The molecule has 0 saturated carbocycles. The Balaban J connectivity index is 0.00000280. The molecule has 0 saturated heterocycles. The van der Waals surface area contributed by atoms with Gasteiger partial charge in [-0.3, -0.25) is 0 Å². The Hall–Kier alpha value is -2.92. The highest BCUT2D eigenvalue weighted by Crippen LogP contribution is 2.24. The number of unbranched alkanes of at least 4 members (excludes halogenated alkanes) is 1. The van der Waals surface area contributed by atoms with Crippen molar-refractivity contribution in [3.8, 4) is 0 Å². The highest BCUT2D eigenvalue weighted by atomic mass is 35.5. The number of anilines is 2. The van der Waals surface area contributed by atoms with Crippen LogP contribution >= 0.6 is 22.7 Å². The third kappa shape index (κ3) is 9.33. The minimum Gasteiger partial charge on any atom is -1.00 e. The summed E-state index contributed by atoms with van der Waals surface area (Å²) in [6.45, 7) is 8.42. The minimum atomic E-state index is 0. The van der Waals surface area contributed by atoms with Crippen LogP contribution in [0.5, 0.6) is 0 Å². The summed E-state index contributed by atoms with van der Waals surface area (Å²) in [7, 11) is 3.95. The Morgan fingerprint density at radius 3 is 1.27 bits per heavy atom. The fourth-order valence-corrected chi connectivity index (χ4v) is 5.41. The van der Waals surface area contributed by atoms with Gasteiger partial charge < -0.3 is 34.6 Å². The third-order valence-electron chi connectivity index (χ3n) is 6.32. The summed E-state index contributed by atoms with van der Waals surface area (Å²) in [5.74, 6) is 0. The van der Waals surface area contributed by atoms with Gasteiger partial charge in [0.2, 0.25) is 0 Å². The van der Waals surface area contributed by atoms with E-state index in [0.29, 0.717) is 0 Å². The van der Waals surface area contributed by atoms with E-state index in [-0.39, 0.29) is 24.8 Å². The Morgan fingerprint density at radius 2 is 0.975 bits per heavy atom. The Morgan fingerprint density at radius 1 is 0.600 bits per heavy atom. The predicted molar refractivity (Wildman–Crippen MR) is 157 cm³/mol. The summed E-state index contributed by atoms with van der Waals surface area (Å²) >= 11 is 3.16. The summed E-state index contributed by atoms with van der Waals surface area (Å²) in [5, 5.41) is 23.2. The van der Waals surface area contributed by atoms with Gasteiger partial charge in [0.15, 0.2) is 0 Å². The molecule has 12 heteroatoms. The standard InChI is InChI=1S/C28H36N8S2.2ClH/c1-5-35(25-13-9-23(10-14-25)29-31-27-33(3)19-21-37-27)17-7-8-18-36(6-2)26-15-11-24(12-16-26)30-32-28-34(4)20-22-38-28;;/h9-16,19-22H,5-8,17-18H2,1-4H3;2*1H/q+2;;/p-2. The second-order valence-corrected chi connectivity index (χ2v) is 10.6. The lowest BCUT2D eigenvalue weighted by atomic mass is 10.2. The molecule has 8 nitrogen and oxygen atoms in total. The van der Waals surface area contributed by atoms with Crippen molar-refractivity contribution in [3.05, 3.63) is 71.7 Å². The second-order valence-electron chi connectivity index (χ2n) is 8.89. The number of azo groups is 2. The molecule has 0 radical (unpaired) electrons. The largest absolute Gasteiger partial charge is 1.00 e. The number of hydrogen-bond acceptors (Lipinski definition) is 8. The van der Waals surface area contributed by atoms with Crippen LogP contribution in [-0.2, 0) is 14.1 Å². The van der Waals surface area contributed by atoms with Crippen molar-refractivity contribution in [2.24, 2.45) is 34.6 Å². The summed E-state index contributed by atoms with van der Waals surface area (Å²) in [6, 6.07) is 16.7. The van der Waals surface area contributed by atoms with E-state index in [0.717, 1.165) is 60.7 Å². The van der Waals surface area contributed by atoms with E-state index in [1.54, 1.807) is 22.7 Å². The predicted octanol–water partition coefficient (Wildman–Crippen LogP) is 1.43. The monoisotopic (exact) mass is 618 g/mol. The molecular formula is C28H36Cl2N8S2. The van der Waals surface area contributed by atoms with Gasteiger partial charge in [-0.2, -0.15) is 0 Å². The summed E-state index contributed by atoms with van der Waals surface area (Å²) < 4.78 is 3.94. The molecule has 0 aliphatic rings. The third-order valence-corrected chi connectivity index (χ3v) is 8.00. The van der Waals surface area contributed by atoms with Gasteiger partial charge in [0.1, 0.15) is 23.8 Å². The second kappa shape index (κ2) is 17.0. The summed E-state index contributed by atoms with van der Waals surface area (Å²) in [6.07, 6.45) is 6.23. The van der Waals surface area contributed by atoms with Crippen LogP contribution in [0.4, 0.5) is 33.0 Å². The zero-order chi connectivity index (χ0) is 26.7. The molecule has 4 aromatic rings. The first-order chi connectivity index (χ1) is 18.6. The SMILES string of the molecule is CCN(CCCCN(CC)c1ccc(N=Nc2scc[n+]2C)cc1)c1ccc(N=Nc2scc[n+]2C)cc1.[Cl-].[Cl-]. The van der Waals surface area contributed by atoms with E-state index in [1.165, 1.54) is 11.4 Å². The van der Waals surface area contributed by atoms with E-state index >= 15 is 0 Å². The average Bonchev–Trinajstić information content (AvgIpc) is 3.56. The van der Waals surface area contributed by atoms with Gasteiger partial charge >= 0.3 is 10.3 Å². The van der Waals surface area contributed by atoms with Crippen LogP contribution in [0.25, 0.3) is 0 Å². The fourth-order valence-electron chi connectivity index (χ4n) is 4.05. The highest BCUT2D eigenvalue weighted by molar-refractivity contribution is 7.13. The van der Waals surface area contributed by atoms with E-state index in [9.17, 15) is 0 Å². The van der Waals surface area contributed by atoms with Gasteiger partial charge in [0.05, 0.1) is 24.3 Å². The number of halogens is 2. The van der Waals surface area contributed by atoms with Crippen molar-refractivity contribution in [1.82, 2.24) is 0 Å². The number of thiazole rings is 2. The lowest BCUT2D eigenvalue weighted by Gasteiger charge is -2.26. The number of hydrogen-bond donors (Lipinski definition) is 0. The van der Waals surface area contributed by atoms with Gasteiger partial charge in [-0.05, 0) is 108 Å². The van der Waals surface area contributed by atoms with Gasteiger partial charge in [-0.15, -0.1) is 0 Å². The molecule has 2 heterocycles. The first kappa shape index (κ1) is 33.3. The maximum absolute atomic E-state index is 4.38. The van der Waals surface area contributed by atoms with Crippen molar-refractivity contribution >= 4 is 55.7 Å².